The highest BCUT2D eigenvalue weighted by Gasteiger charge is 2.22. The van der Waals surface area contributed by atoms with Gasteiger partial charge in [0.2, 0.25) is 5.91 Å². The van der Waals surface area contributed by atoms with Gasteiger partial charge >= 0.3 is 0 Å². The zero-order chi connectivity index (χ0) is 15.6. The van der Waals surface area contributed by atoms with Crippen LogP contribution in [0.1, 0.15) is 26.5 Å². The van der Waals surface area contributed by atoms with Gasteiger partial charge in [-0.05, 0) is 31.3 Å². The number of aryl methyl sites for hydroxylation is 1. The van der Waals surface area contributed by atoms with Crippen LogP contribution in [0.15, 0.2) is 30.3 Å². The number of amides is 1. The minimum Gasteiger partial charge on any atom is -0.331 e. The van der Waals surface area contributed by atoms with E-state index in [1.54, 1.807) is 0 Å². The second kappa shape index (κ2) is 5.77. The SMILES string of the molecule is Cc1ccc2cccc(NC(=S)NC(=O)C(C)(C)C)c2n1. The Morgan fingerprint density at radius 3 is 2.57 bits per heavy atom. The van der Waals surface area contributed by atoms with Gasteiger partial charge in [0, 0.05) is 16.5 Å². The topological polar surface area (TPSA) is 54.0 Å². The maximum absolute atomic E-state index is 11.9. The van der Waals surface area contributed by atoms with Crippen molar-refractivity contribution in [1.82, 2.24) is 10.3 Å². The Kier molecular flexibility index (Phi) is 4.23. The lowest BCUT2D eigenvalue weighted by atomic mass is 9.96. The molecule has 21 heavy (non-hydrogen) atoms. The Morgan fingerprint density at radius 2 is 1.90 bits per heavy atom. The minimum absolute atomic E-state index is 0.121. The molecular weight excluding hydrogens is 282 g/mol. The van der Waals surface area contributed by atoms with Crippen LogP contribution in [0.5, 0.6) is 0 Å². The van der Waals surface area contributed by atoms with E-state index in [0.717, 1.165) is 22.3 Å². The Balaban J connectivity index is 2.22. The van der Waals surface area contributed by atoms with Gasteiger partial charge in [0.05, 0.1) is 11.2 Å². The van der Waals surface area contributed by atoms with Gasteiger partial charge < -0.3 is 10.6 Å². The summed E-state index contributed by atoms with van der Waals surface area (Å²) in [6.07, 6.45) is 0. The molecule has 0 saturated heterocycles. The number of anilines is 1. The van der Waals surface area contributed by atoms with E-state index in [-0.39, 0.29) is 11.0 Å². The van der Waals surface area contributed by atoms with Crippen LogP contribution in [0.4, 0.5) is 5.69 Å². The van der Waals surface area contributed by atoms with E-state index in [1.807, 2.05) is 58.0 Å². The van der Waals surface area contributed by atoms with E-state index in [1.165, 1.54) is 0 Å². The molecule has 0 fully saturated rings. The molecule has 0 unspecified atom stereocenters. The molecule has 0 aliphatic heterocycles. The molecule has 4 nitrogen and oxygen atoms in total. The lowest BCUT2D eigenvalue weighted by Gasteiger charge is -2.19. The Labute approximate surface area is 130 Å². The number of thiocarbonyl (C=S) groups is 1. The fourth-order valence-electron chi connectivity index (χ4n) is 1.79. The number of fused-ring (bicyclic) bond motifs is 1. The Bertz CT molecular complexity index is 704. The summed E-state index contributed by atoms with van der Waals surface area (Å²) in [6, 6.07) is 9.79. The van der Waals surface area contributed by atoms with Crippen molar-refractivity contribution >= 4 is 39.8 Å². The molecule has 2 rings (SSSR count). The van der Waals surface area contributed by atoms with E-state index in [0.29, 0.717) is 0 Å². The van der Waals surface area contributed by atoms with Crippen molar-refractivity contribution in [3.63, 3.8) is 0 Å². The van der Waals surface area contributed by atoms with Gasteiger partial charge in [-0.3, -0.25) is 9.78 Å². The van der Waals surface area contributed by atoms with Crippen LogP contribution in [-0.2, 0) is 4.79 Å². The standard InChI is InChI=1S/C16H19N3OS/c1-10-8-9-11-6-5-7-12(13(11)17-10)18-15(21)19-14(20)16(2,3)4/h5-9H,1-4H3,(H2,18,19,20,21). The van der Waals surface area contributed by atoms with Gasteiger partial charge in [0.25, 0.3) is 0 Å². The van der Waals surface area contributed by atoms with Gasteiger partial charge in [-0.25, -0.2) is 0 Å². The highest BCUT2D eigenvalue weighted by atomic mass is 32.1. The minimum atomic E-state index is -0.487. The number of aromatic nitrogens is 1. The van der Waals surface area contributed by atoms with Crippen molar-refractivity contribution in [3.05, 3.63) is 36.0 Å². The molecule has 0 bridgehead atoms. The third-order valence-electron chi connectivity index (χ3n) is 3.02. The number of hydrogen-bond donors (Lipinski definition) is 2. The zero-order valence-electron chi connectivity index (χ0n) is 12.7. The molecule has 1 amide bonds. The molecule has 0 radical (unpaired) electrons. The molecule has 1 aromatic heterocycles. The normalized spacial score (nSPS) is 11.2. The summed E-state index contributed by atoms with van der Waals surface area (Å²) in [6.45, 7) is 7.46. The molecule has 0 aliphatic carbocycles. The number of nitrogens with one attached hydrogen (secondary N) is 2. The summed E-state index contributed by atoms with van der Waals surface area (Å²) in [7, 11) is 0. The Morgan fingerprint density at radius 1 is 1.19 bits per heavy atom. The molecule has 5 heteroatoms. The van der Waals surface area contributed by atoms with Gasteiger partial charge in [-0.15, -0.1) is 0 Å². The lowest BCUT2D eigenvalue weighted by molar-refractivity contribution is -0.126. The molecule has 1 aromatic carbocycles. The van der Waals surface area contributed by atoms with Crippen LogP contribution in [0.2, 0.25) is 0 Å². The molecule has 0 atom stereocenters. The summed E-state index contributed by atoms with van der Waals surface area (Å²) < 4.78 is 0. The number of carbonyl (C=O) groups is 1. The third kappa shape index (κ3) is 3.76. The average molecular weight is 301 g/mol. The van der Waals surface area contributed by atoms with Gasteiger partial charge in [0.1, 0.15) is 0 Å². The summed E-state index contributed by atoms with van der Waals surface area (Å²) in [5.74, 6) is -0.121. The average Bonchev–Trinajstić information content (AvgIpc) is 2.38. The van der Waals surface area contributed by atoms with E-state index >= 15 is 0 Å². The summed E-state index contributed by atoms with van der Waals surface area (Å²) in [5, 5.41) is 7.06. The molecular formula is C16H19N3OS. The van der Waals surface area contributed by atoms with Crippen molar-refractivity contribution in [2.24, 2.45) is 5.41 Å². The first-order valence-electron chi connectivity index (χ1n) is 6.76. The van der Waals surface area contributed by atoms with Crippen LogP contribution < -0.4 is 10.6 Å². The Hall–Kier alpha value is -2.01. The van der Waals surface area contributed by atoms with Gasteiger partial charge in [-0.1, -0.05) is 39.0 Å². The van der Waals surface area contributed by atoms with E-state index < -0.39 is 5.41 Å². The smallest absolute Gasteiger partial charge is 0.231 e. The van der Waals surface area contributed by atoms with Crippen molar-refractivity contribution < 1.29 is 4.79 Å². The third-order valence-corrected chi connectivity index (χ3v) is 3.22. The fraction of sp³-hybridized carbons (Fsp3) is 0.312. The zero-order valence-corrected chi connectivity index (χ0v) is 13.5. The highest BCUT2D eigenvalue weighted by Crippen LogP contribution is 2.21. The summed E-state index contributed by atoms with van der Waals surface area (Å²) in [4.78, 5) is 16.5. The predicted molar refractivity (Wildman–Crippen MR) is 90.3 cm³/mol. The van der Waals surface area contributed by atoms with Crippen molar-refractivity contribution in [3.8, 4) is 0 Å². The van der Waals surface area contributed by atoms with Gasteiger partial charge in [0.15, 0.2) is 5.11 Å². The second-order valence-corrected chi connectivity index (χ2v) is 6.40. The first-order chi connectivity index (χ1) is 9.77. The van der Waals surface area contributed by atoms with Crippen LogP contribution in [-0.4, -0.2) is 16.0 Å². The molecule has 0 aliphatic rings. The number of para-hydroxylation sites is 1. The number of nitrogens with zero attached hydrogens (tertiary/aromatic N) is 1. The van der Waals surface area contributed by atoms with Crippen molar-refractivity contribution in [2.45, 2.75) is 27.7 Å². The molecule has 2 aromatic rings. The maximum Gasteiger partial charge on any atom is 0.231 e. The van der Waals surface area contributed by atoms with Crippen LogP contribution in [0, 0.1) is 12.3 Å². The van der Waals surface area contributed by atoms with E-state index in [9.17, 15) is 4.79 Å². The van der Waals surface area contributed by atoms with Crippen molar-refractivity contribution in [1.29, 1.82) is 0 Å². The maximum atomic E-state index is 11.9. The van der Waals surface area contributed by atoms with E-state index in [2.05, 4.69) is 15.6 Å². The van der Waals surface area contributed by atoms with Crippen LogP contribution in [0.25, 0.3) is 10.9 Å². The first kappa shape index (κ1) is 15.4. The molecule has 110 valence electrons. The van der Waals surface area contributed by atoms with Crippen molar-refractivity contribution in [2.75, 3.05) is 5.32 Å². The number of pyridine rings is 1. The first-order valence-corrected chi connectivity index (χ1v) is 7.17. The molecule has 2 N–H and O–H groups in total. The largest absolute Gasteiger partial charge is 0.331 e. The van der Waals surface area contributed by atoms with Gasteiger partial charge in [-0.2, -0.15) is 0 Å². The van der Waals surface area contributed by atoms with E-state index in [4.69, 9.17) is 12.2 Å². The lowest BCUT2D eigenvalue weighted by Crippen LogP contribution is -2.41. The second-order valence-electron chi connectivity index (χ2n) is 5.99. The summed E-state index contributed by atoms with van der Waals surface area (Å²) in [5.41, 5.74) is 2.07. The number of benzene rings is 1. The molecule has 0 spiro atoms. The molecule has 1 heterocycles. The highest BCUT2D eigenvalue weighted by molar-refractivity contribution is 7.80. The number of rotatable bonds is 1. The monoisotopic (exact) mass is 301 g/mol. The summed E-state index contributed by atoms with van der Waals surface area (Å²) >= 11 is 5.21. The quantitative estimate of drug-likeness (QED) is 0.793. The fourth-order valence-corrected chi connectivity index (χ4v) is 1.99. The van der Waals surface area contributed by atoms with Crippen LogP contribution >= 0.6 is 12.2 Å². The predicted octanol–water partition coefficient (Wildman–Crippen LogP) is 3.40. The molecule has 0 saturated carbocycles. The number of carbonyl (C=O) groups excluding carboxylic acids is 1. The number of hydrogen-bond acceptors (Lipinski definition) is 3. The van der Waals surface area contributed by atoms with Crippen LogP contribution in [0.3, 0.4) is 0 Å².